The van der Waals surface area contributed by atoms with Gasteiger partial charge in [-0.15, -0.1) is 0 Å². The van der Waals surface area contributed by atoms with Crippen molar-refractivity contribution < 1.29 is 0 Å². The third-order valence-corrected chi connectivity index (χ3v) is 4.28. The largest absolute Gasteiger partial charge is 0.302 e. The number of rotatable bonds is 5. The lowest BCUT2D eigenvalue weighted by Gasteiger charge is -2.28. The Hall–Kier alpha value is -0.340. The molecule has 0 bridgehead atoms. The molecule has 0 saturated carbocycles. The van der Waals surface area contributed by atoms with E-state index in [0.717, 1.165) is 18.4 Å². The molecule has 0 aromatic heterocycles. The van der Waals surface area contributed by atoms with Crippen molar-refractivity contribution in [3.05, 3.63) is 35.4 Å². The minimum absolute atomic E-state index is 0.331. The quantitative estimate of drug-likeness (QED) is 0.742. The van der Waals surface area contributed by atoms with Crippen molar-refractivity contribution in [2.75, 3.05) is 18.9 Å². The van der Waals surface area contributed by atoms with Crippen molar-refractivity contribution >= 4 is 15.9 Å². The van der Waals surface area contributed by atoms with Gasteiger partial charge in [-0.3, -0.25) is 0 Å². The van der Waals surface area contributed by atoms with Gasteiger partial charge in [0.05, 0.1) is 0 Å². The van der Waals surface area contributed by atoms with E-state index < -0.39 is 0 Å². The molecule has 0 saturated heterocycles. The summed E-state index contributed by atoms with van der Waals surface area (Å²) in [6.45, 7) is 8.89. The molecule has 0 heterocycles. The normalized spacial score (nSPS) is 12.1. The van der Waals surface area contributed by atoms with E-state index in [-0.39, 0.29) is 0 Å². The first-order valence-corrected chi connectivity index (χ1v) is 6.86. The summed E-state index contributed by atoms with van der Waals surface area (Å²) in [6, 6.07) is 8.61. The van der Waals surface area contributed by atoms with E-state index in [2.05, 4.69) is 72.9 Å². The smallest absolute Gasteiger partial charge is 0.0233 e. The molecule has 1 aromatic rings. The molecule has 0 fully saturated rings. The van der Waals surface area contributed by atoms with Crippen molar-refractivity contribution in [3.63, 3.8) is 0 Å². The molecule has 16 heavy (non-hydrogen) atoms. The number of hydrogen-bond acceptors (Lipinski definition) is 1. The average molecular weight is 284 g/mol. The van der Waals surface area contributed by atoms with Gasteiger partial charge in [-0.05, 0) is 30.5 Å². The summed E-state index contributed by atoms with van der Waals surface area (Å²) in [5.74, 6) is 0. The fourth-order valence-electron chi connectivity index (χ4n) is 1.91. The number of aryl methyl sites for hydroxylation is 1. The summed E-state index contributed by atoms with van der Waals surface area (Å²) in [5, 5.41) is 1.04. The van der Waals surface area contributed by atoms with Crippen LogP contribution in [0, 0.1) is 12.3 Å². The van der Waals surface area contributed by atoms with Crippen molar-refractivity contribution in [1.82, 2.24) is 4.90 Å². The van der Waals surface area contributed by atoms with Crippen LogP contribution in [0.1, 0.15) is 25.0 Å². The maximum Gasteiger partial charge on any atom is 0.0233 e. The highest BCUT2D eigenvalue weighted by Crippen LogP contribution is 2.20. The molecular formula is C14H22BrN. The van der Waals surface area contributed by atoms with Gasteiger partial charge in [0.25, 0.3) is 0 Å². The molecule has 0 aliphatic heterocycles. The lowest BCUT2D eigenvalue weighted by molar-refractivity contribution is 0.225. The Kier molecular flexibility index (Phi) is 5.00. The number of alkyl halides is 1. The van der Waals surface area contributed by atoms with Crippen LogP contribution >= 0.6 is 15.9 Å². The third-order valence-electron chi connectivity index (χ3n) is 2.76. The Morgan fingerprint density at radius 3 is 2.44 bits per heavy atom. The molecule has 90 valence electrons. The van der Waals surface area contributed by atoms with Gasteiger partial charge in [-0.2, -0.15) is 0 Å². The molecule has 0 atom stereocenters. The van der Waals surface area contributed by atoms with Gasteiger partial charge in [-0.25, -0.2) is 0 Å². The van der Waals surface area contributed by atoms with Crippen LogP contribution in [0.25, 0.3) is 0 Å². The van der Waals surface area contributed by atoms with Crippen LogP contribution in [0.5, 0.6) is 0 Å². The van der Waals surface area contributed by atoms with Crippen LogP contribution in [-0.2, 0) is 6.54 Å². The highest BCUT2D eigenvalue weighted by atomic mass is 79.9. The second-order valence-corrected chi connectivity index (χ2v) is 5.96. The van der Waals surface area contributed by atoms with Crippen LogP contribution in [0.2, 0.25) is 0 Å². The maximum atomic E-state index is 3.57. The monoisotopic (exact) mass is 283 g/mol. The third kappa shape index (κ3) is 4.26. The van der Waals surface area contributed by atoms with Crippen molar-refractivity contribution in [2.45, 2.75) is 27.3 Å². The number of halogens is 1. The topological polar surface area (TPSA) is 3.24 Å². The number of hydrogen-bond donors (Lipinski definition) is 0. The van der Waals surface area contributed by atoms with Gasteiger partial charge in [0.2, 0.25) is 0 Å². The zero-order valence-electron chi connectivity index (χ0n) is 10.8. The van der Waals surface area contributed by atoms with E-state index >= 15 is 0 Å². The molecule has 1 aromatic carbocycles. The fraction of sp³-hybridized carbons (Fsp3) is 0.571. The number of nitrogens with zero attached hydrogens (tertiary/aromatic N) is 1. The van der Waals surface area contributed by atoms with Gasteiger partial charge in [-0.1, -0.05) is 54.0 Å². The van der Waals surface area contributed by atoms with E-state index in [1.54, 1.807) is 0 Å². The molecule has 0 aliphatic rings. The van der Waals surface area contributed by atoms with Gasteiger partial charge >= 0.3 is 0 Å². The average Bonchev–Trinajstić information content (AvgIpc) is 2.21. The fourth-order valence-corrected chi connectivity index (χ4v) is 2.08. The van der Waals surface area contributed by atoms with Gasteiger partial charge in [0.1, 0.15) is 0 Å². The van der Waals surface area contributed by atoms with Crippen LogP contribution < -0.4 is 0 Å². The second kappa shape index (κ2) is 5.83. The molecule has 0 spiro atoms. The van der Waals surface area contributed by atoms with Crippen molar-refractivity contribution in [1.29, 1.82) is 0 Å². The summed E-state index contributed by atoms with van der Waals surface area (Å²) in [7, 11) is 2.19. The van der Waals surface area contributed by atoms with Crippen LogP contribution in [-0.4, -0.2) is 23.8 Å². The number of benzene rings is 1. The first-order valence-electron chi connectivity index (χ1n) is 5.73. The van der Waals surface area contributed by atoms with E-state index in [1.165, 1.54) is 11.1 Å². The first-order chi connectivity index (χ1) is 7.44. The maximum absolute atomic E-state index is 3.57. The minimum atomic E-state index is 0.331. The summed E-state index contributed by atoms with van der Waals surface area (Å²) in [6.07, 6.45) is 0. The Labute approximate surface area is 108 Å². The van der Waals surface area contributed by atoms with Crippen molar-refractivity contribution in [2.24, 2.45) is 5.41 Å². The van der Waals surface area contributed by atoms with Crippen molar-refractivity contribution in [3.8, 4) is 0 Å². The standard InChI is InChI=1S/C14H22BrN/c1-12-7-5-6-8-13(12)9-16(4)11-14(2,3)10-15/h5-8H,9-11H2,1-4H3. The SMILES string of the molecule is Cc1ccccc1CN(C)CC(C)(C)CBr. The molecule has 0 aliphatic carbocycles. The van der Waals surface area contributed by atoms with E-state index in [1.807, 2.05) is 0 Å². The van der Waals surface area contributed by atoms with Gasteiger partial charge in [0.15, 0.2) is 0 Å². The Bertz CT molecular complexity index is 333. The Morgan fingerprint density at radius 1 is 1.25 bits per heavy atom. The summed E-state index contributed by atoms with van der Waals surface area (Å²) in [5.41, 5.74) is 3.14. The van der Waals surface area contributed by atoms with E-state index in [9.17, 15) is 0 Å². The molecule has 1 nitrogen and oxygen atoms in total. The molecule has 0 amide bonds. The Morgan fingerprint density at radius 2 is 1.88 bits per heavy atom. The molecule has 2 heteroatoms. The lowest BCUT2D eigenvalue weighted by Crippen LogP contribution is -2.32. The van der Waals surface area contributed by atoms with Crippen LogP contribution in [0.15, 0.2) is 24.3 Å². The molecule has 0 radical (unpaired) electrons. The first kappa shape index (κ1) is 13.7. The molecule has 0 unspecified atom stereocenters. The van der Waals surface area contributed by atoms with Gasteiger partial charge < -0.3 is 4.90 Å². The zero-order chi connectivity index (χ0) is 12.2. The van der Waals surface area contributed by atoms with E-state index in [4.69, 9.17) is 0 Å². The molecule has 0 N–H and O–H groups in total. The summed E-state index contributed by atoms with van der Waals surface area (Å²) >= 11 is 3.57. The van der Waals surface area contributed by atoms with Crippen LogP contribution in [0.3, 0.4) is 0 Å². The van der Waals surface area contributed by atoms with Crippen LogP contribution in [0.4, 0.5) is 0 Å². The van der Waals surface area contributed by atoms with Gasteiger partial charge in [0, 0.05) is 18.4 Å². The summed E-state index contributed by atoms with van der Waals surface area (Å²) < 4.78 is 0. The Balaban J connectivity index is 2.58. The molecular weight excluding hydrogens is 262 g/mol. The predicted molar refractivity (Wildman–Crippen MR) is 75.1 cm³/mol. The highest BCUT2D eigenvalue weighted by molar-refractivity contribution is 9.09. The minimum Gasteiger partial charge on any atom is -0.302 e. The zero-order valence-corrected chi connectivity index (χ0v) is 12.3. The van der Waals surface area contributed by atoms with E-state index in [0.29, 0.717) is 5.41 Å². The summed E-state index contributed by atoms with van der Waals surface area (Å²) in [4.78, 5) is 2.39. The molecule has 1 rings (SSSR count). The predicted octanol–water partition coefficient (Wildman–Crippen LogP) is 3.85. The second-order valence-electron chi connectivity index (χ2n) is 5.40. The lowest BCUT2D eigenvalue weighted by atomic mass is 9.96. The highest BCUT2D eigenvalue weighted by Gasteiger charge is 2.18.